The minimum atomic E-state index is 0.0589. The van der Waals surface area contributed by atoms with Gasteiger partial charge in [0.1, 0.15) is 6.29 Å². The number of fused-ring (bicyclic) bond motifs is 1. The quantitative estimate of drug-likeness (QED) is 0.629. The molecule has 0 aromatic heterocycles. The third-order valence-corrected chi connectivity index (χ3v) is 3.04. The Morgan fingerprint density at radius 1 is 1.50 bits per heavy atom. The Morgan fingerprint density at radius 2 is 2.29 bits per heavy atom. The molecule has 1 heterocycles. The normalized spacial score (nSPS) is 20.4. The molecule has 1 aliphatic heterocycles. The number of anilines is 1. The summed E-state index contributed by atoms with van der Waals surface area (Å²) in [7, 11) is 2.00. The fourth-order valence-corrected chi connectivity index (χ4v) is 2.25. The van der Waals surface area contributed by atoms with Crippen LogP contribution in [0.4, 0.5) is 5.69 Å². The number of benzene rings is 1. The highest BCUT2D eigenvalue weighted by Gasteiger charge is 2.23. The molecule has 0 bridgehead atoms. The van der Waals surface area contributed by atoms with Gasteiger partial charge in [0.15, 0.2) is 0 Å². The van der Waals surface area contributed by atoms with E-state index in [1.54, 1.807) is 0 Å². The lowest BCUT2D eigenvalue weighted by Crippen LogP contribution is -2.37. The maximum absolute atomic E-state index is 10.8. The largest absolute Gasteiger partial charge is 0.364 e. The maximum atomic E-state index is 10.8. The van der Waals surface area contributed by atoms with Gasteiger partial charge in [-0.25, -0.2) is 0 Å². The molecule has 0 spiro atoms. The van der Waals surface area contributed by atoms with Crippen molar-refractivity contribution in [3.63, 3.8) is 0 Å². The van der Waals surface area contributed by atoms with Gasteiger partial charge in [-0.05, 0) is 30.9 Å². The molecule has 0 saturated carbocycles. The molecule has 1 aromatic carbocycles. The van der Waals surface area contributed by atoms with E-state index in [1.165, 1.54) is 16.8 Å². The van der Waals surface area contributed by atoms with Gasteiger partial charge in [0.2, 0.25) is 0 Å². The van der Waals surface area contributed by atoms with Crippen molar-refractivity contribution >= 4 is 12.0 Å². The third-order valence-electron chi connectivity index (χ3n) is 3.04. The molecule has 0 amide bonds. The number of rotatable bonds is 1. The van der Waals surface area contributed by atoms with Crippen molar-refractivity contribution in [2.24, 2.45) is 0 Å². The van der Waals surface area contributed by atoms with Crippen molar-refractivity contribution in [1.29, 1.82) is 0 Å². The molecule has 0 fully saturated rings. The molecule has 1 atom stereocenters. The molecule has 74 valence electrons. The Balaban J connectivity index is 2.47. The van der Waals surface area contributed by atoms with Gasteiger partial charge in [0.25, 0.3) is 0 Å². The van der Waals surface area contributed by atoms with Crippen molar-refractivity contribution < 1.29 is 4.79 Å². The van der Waals surface area contributed by atoms with Crippen molar-refractivity contribution in [1.82, 2.24) is 0 Å². The Hall–Kier alpha value is -1.31. The zero-order valence-corrected chi connectivity index (χ0v) is 8.66. The molecule has 0 saturated heterocycles. The van der Waals surface area contributed by atoms with E-state index in [0.29, 0.717) is 0 Å². The highest BCUT2D eigenvalue weighted by Crippen LogP contribution is 2.31. The first-order chi connectivity index (χ1) is 6.74. The van der Waals surface area contributed by atoms with Crippen molar-refractivity contribution in [2.75, 3.05) is 11.9 Å². The number of carbonyl (C=O) groups excluding carboxylic acids is 1. The van der Waals surface area contributed by atoms with Crippen LogP contribution in [0.3, 0.4) is 0 Å². The maximum Gasteiger partial charge on any atom is 0.142 e. The molecule has 1 aromatic rings. The van der Waals surface area contributed by atoms with Gasteiger partial charge in [-0.2, -0.15) is 0 Å². The second-order valence-corrected chi connectivity index (χ2v) is 3.94. The van der Waals surface area contributed by atoms with Gasteiger partial charge in [-0.3, -0.25) is 0 Å². The third kappa shape index (κ3) is 1.31. The first kappa shape index (κ1) is 9.25. The molecular weight excluding hydrogens is 174 g/mol. The van der Waals surface area contributed by atoms with E-state index in [9.17, 15) is 4.79 Å². The zero-order chi connectivity index (χ0) is 10.1. The number of aryl methyl sites for hydroxylation is 2. The number of likely N-dealkylation sites (N-methyl/N-ethyl adjacent to an activating group) is 1. The summed E-state index contributed by atoms with van der Waals surface area (Å²) in [5.74, 6) is 0. The zero-order valence-electron chi connectivity index (χ0n) is 8.66. The van der Waals surface area contributed by atoms with Gasteiger partial charge >= 0.3 is 0 Å². The summed E-state index contributed by atoms with van der Waals surface area (Å²) < 4.78 is 0. The Kier molecular flexibility index (Phi) is 2.28. The Bertz CT molecular complexity index is 359. The Morgan fingerprint density at radius 3 is 3.00 bits per heavy atom. The molecule has 0 N–H and O–H groups in total. The highest BCUT2D eigenvalue weighted by molar-refractivity contribution is 5.71. The minimum absolute atomic E-state index is 0.0589. The average molecular weight is 189 g/mol. The van der Waals surface area contributed by atoms with Gasteiger partial charge in [0, 0.05) is 12.7 Å². The van der Waals surface area contributed by atoms with Crippen LogP contribution in [0.25, 0.3) is 0 Å². The highest BCUT2D eigenvalue weighted by atomic mass is 16.1. The molecule has 1 aliphatic rings. The summed E-state index contributed by atoms with van der Waals surface area (Å²) in [5, 5.41) is 0. The summed E-state index contributed by atoms with van der Waals surface area (Å²) in [5.41, 5.74) is 3.87. The van der Waals surface area contributed by atoms with Gasteiger partial charge < -0.3 is 9.69 Å². The van der Waals surface area contributed by atoms with E-state index >= 15 is 0 Å². The predicted octanol–water partition coefficient (Wildman–Crippen LogP) is 1.94. The SMILES string of the molecule is Cc1cccc2c1N(C)C(C=O)CC2. The van der Waals surface area contributed by atoms with Crippen LogP contribution in [-0.2, 0) is 11.2 Å². The van der Waals surface area contributed by atoms with Crippen LogP contribution >= 0.6 is 0 Å². The molecule has 2 heteroatoms. The van der Waals surface area contributed by atoms with Crippen LogP contribution in [0.2, 0.25) is 0 Å². The van der Waals surface area contributed by atoms with Crippen LogP contribution in [0, 0.1) is 6.92 Å². The summed E-state index contributed by atoms with van der Waals surface area (Å²) >= 11 is 0. The first-order valence-corrected chi connectivity index (χ1v) is 5.00. The second kappa shape index (κ2) is 3.45. The number of hydrogen-bond donors (Lipinski definition) is 0. The monoisotopic (exact) mass is 189 g/mol. The standard InChI is InChI=1S/C12H15NO/c1-9-4-3-5-10-6-7-11(8-14)13(2)12(9)10/h3-5,8,11H,6-7H2,1-2H3. The number of carbonyl (C=O) groups is 1. The topological polar surface area (TPSA) is 20.3 Å². The van der Waals surface area contributed by atoms with E-state index in [0.717, 1.165) is 19.1 Å². The molecule has 0 radical (unpaired) electrons. The number of hydrogen-bond acceptors (Lipinski definition) is 2. The van der Waals surface area contributed by atoms with E-state index in [1.807, 2.05) is 7.05 Å². The summed E-state index contributed by atoms with van der Waals surface area (Å²) in [6, 6.07) is 6.40. The van der Waals surface area contributed by atoms with Gasteiger partial charge in [-0.15, -0.1) is 0 Å². The van der Waals surface area contributed by atoms with Gasteiger partial charge in [0.05, 0.1) is 6.04 Å². The average Bonchev–Trinajstić information content (AvgIpc) is 2.18. The fraction of sp³-hybridized carbons (Fsp3) is 0.417. The number of aldehydes is 1. The smallest absolute Gasteiger partial charge is 0.142 e. The van der Waals surface area contributed by atoms with Crippen LogP contribution in [0.15, 0.2) is 18.2 Å². The van der Waals surface area contributed by atoms with Crippen LogP contribution in [0.1, 0.15) is 17.5 Å². The molecule has 14 heavy (non-hydrogen) atoms. The van der Waals surface area contributed by atoms with E-state index in [-0.39, 0.29) is 6.04 Å². The molecule has 2 rings (SSSR count). The lowest BCUT2D eigenvalue weighted by molar-refractivity contribution is -0.109. The minimum Gasteiger partial charge on any atom is -0.364 e. The van der Waals surface area contributed by atoms with Gasteiger partial charge in [-0.1, -0.05) is 18.2 Å². The molecule has 0 aliphatic carbocycles. The van der Waals surface area contributed by atoms with E-state index < -0.39 is 0 Å². The molecule has 1 unspecified atom stereocenters. The molecular formula is C12H15NO. The van der Waals surface area contributed by atoms with E-state index in [2.05, 4.69) is 30.0 Å². The van der Waals surface area contributed by atoms with Crippen LogP contribution in [0.5, 0.6) is 0 Å². The first-order valence-electron chi connectivity index (χ1n) is 5.00. The fourth-order valence-electron chi connectivity index (χ4n) is 2.25. The van der Waals surface area contributed by atoms with Crippen molar-refractivity contribution in [3.05, 3.63) is 29.3 Å². The number of nitrogens with zero attached hydrogens (tertiary/aromatic N) is 1. The lowest BCUT2D eigenvalue weighted by atomic mass is 9.94. The van der Waals surface area contributed by atoms with E-state index in [4.69, 9.17) is 0 Å². The second-order valence-electron chi connectivity index (χ2n) is 3.94. The van der Waals surface area contributed by atoms with Crippen molar-refractivity contribution in [3.8, 4) is 0 Å². The van der Waals surface area contributed by atoms with Crippen LogP contribution < -0.4 is 4.90 Å². The Labute approximate surface area is 84.5 Å². The number of para-hydroxylation sites is 1. The van der Waals surface area contributed by atoms with Crippen molar-refractivity contribution in [2.45, 2.75) is 25.8 Å². The van der Waals surface area contributed by atoms with Crippen LogP contribution in [-0.4, -0.2) is 19.4 Å². The summed E-state index contributed by atoms with van der Waals surface area (Å²) in [6.07, 6.45) is 3.01. The lowest BCUT2D eigenvalue weighted by Gasteiger charge is -2.34. The predicted molar refractivity (Wildman–Crippen MR) is 57.8 cm³/mol. The molecule has 2 nitrogen and oxygen atoms in total. The summed E-state index contributed by atoms with van der Waals surface area (Å²) in [6.45, 7) is 2.10. The summed E-state index contributed by atoms with van der Waals surface area (Å²) in [4.78, 5) is 12.9.